The molecule has 1 atom stereocenters. The van der Waals surface area contributed by atoms with Gasteiger partial charge in [0.25, 0.3) is 0 Å². The lowest BCUT2D eigenvalue weighted by molar-refractivity contribution is 0.215. The van der Waals surface area contributed by atoms with Crippen LogP contribution < -0.4 is 5.73 Å². The van der Waals surface area contributed by atoms with E-state index in [1.54, 1.807) is 0 Å². The molecule has 2 fully saturated rings. The maximum Gasteiger partial charge on any atom is 0.0452 e. The van der Waals surface area contributed by atoms with Crippen LogP contribution in [0, 0.1) is 0 Å². The average Bonchev–Trinajstić information content (AvgIpc) is 2.73. The smallest absolute Gasteiger partial charge is 0.0452 e. The molecule has 1 aromatic carbocycles. The van der Waals surface area contributed by atoms with E-state index in [1.165, 1.54) is 38.9 Å². The van der Waals surface area contributed by atoms with Gasteiger partial charge in [0.2, 0.25) is 0 Å². The van der Waals surface area contributed by atoms with Crippen LogP contribution in [0.3, 0.4) is 0 Å². The first-order valence-corrected chi connectivity index (χ1v) is 7.60. The molecule has 2 heterocycles. The van der Waals surface area contributed by atoms with Crippen LogP contribution in [-0.2, 0) is 6.54 Å². The summed E-state index contributed by atoms with van der Waals surface area (Å²) in [5, 5.41) is 0.835. The Morgan fingerprint density at radius 3 is 2.95 bits per heavy atom. The molecule has 1 aromatic rings. The van der Waals surface area contributed by atoms with E-state index in [2.05, 4.69) is 9.80 Å². The largest absolute Gasteiger partial charge is 0.399 e. The van der Waals surface area contributed by atoms with E-state index < -0.39 is 0 Å². The molecule has 0 radical (unpaired) electrons. The maximum atomic E-state index is 6.27. The number of fused-ring (bicyclic) bond motifs is 1. The van der Waals surface area contributed by atoms with Crippen LogP contribution in [0.2, 0.25) is 5.02 Å². The Hall–Kier alpha value is -0.770. The highest BCUT2D eigenvalue weighted by molar-refractivity contribution is 6.31. The highest BCUT2D eigenvalue weighted by Crippen LogP contribution is 2.25. The Labute approximate surface area is 120 Å². The van der Waals surface area contributed by atoms with Gasteiger partial charge in [0.15, 0.2) is 0 Å². The first kappa shape index (κ1) is 13.2. The zero-order valence-electron chi connectivity index (χ0n) is 11.3. The summed E-state index contributed by atoms with van der Waals surface area (Å²) in [5.41, 5.74) is 7.83. The molecule has 104 valence electrons. The highest BCUT2D eigenvalue weighted by Gasteiger charge is 2.28. The van der Waals surface area contributed by atoms with E-state index in [-0.39, 0.29) is 0 Å². The Morgan fingerprint density at radius 1 is 1.21 bits per heavy atom. The summed E-state index contributed by atoms with van der Waals surface area (Å²) in [7, 11) is 0. The normalized spacial score (nSPS) is 25.2. The van der Waals surface area contributed by atoms with Crippen LogP contribution in [0.4, 0.5) is 5.69 Å². The number of anilines is 1. The van der Waals surface area contributed by atoms with Gasteiger partial charge in [0.1, 0.15) is 0 Å². The Balaban J connectivity index is 1.70. The number of hydrogen-bond acceptors (Lipinski definition) is 3. The Bertz CT molecular complexity index is 449. The number of nitrogen functional groups attached to an aromatic ring is 1. The number of rotatable bonds is 2. The number of halogens is 1. The molecule has 2 N–H and O–H groups in total. The third-order valence-corrected chi connectivity index (χ3v) is 4.72. The monoisotopic (exact) mass is 279 g/mol. The quantitative estimate of drug-likeness (QED) is 0.845. The van der Waals surface area contributed by atoms with Crippen molar-refractivity contribution < 1.29 is 0 Å². The van der Waals surface area contributed by atoms with Gasteiger partial charge in [0, 0.05) is 29.8 Å². The summed E-state index contributed by atoms with van der Waals surface area (Å²) in [6.07, 6.45) is 3.97. The Morgan fingerprint density at radius 2 is 2.05 bits per heavy atom. The van der Waals surface area contributed by atoms with Gasteiger partial charge in [-0.3, -0.25) is 9.80 Å². The molecule has 3 rings (SSSR count). The van der Waals surface area contributed by atoms with E-state index in [4.69, 9.17) is 17.3 Å². The van der Waals surface area contributed by atoms with Gasteiger partial charge >= 0.3 is 0 Å². The predicted molar refractivity (Wildman–Crippen MR) is 80.4 cm³/mol. The fraction of sp³-hybridized carbons (Fsp3) is 0.600. The minimum absolute atomic E-state index is 0.752. The van der Waals surface area contributed by atoms with Crippen molar-refractivity contribution in [3.05, 3.63) is 28.8 Å². The fourth-order valence-electron chi connectivity index (χ4n) is 3.38. The topological polar surface area (TPSA) is 32.5 Å². The molecule has 0 amide bonds. The SMILES string of the molecule is Nc1ccc(Cl)c(CN2CCCN3CCCC3C2)c1. The zero-order valence-corrected chi connectivity index (χ0v) is 12.1. The minimum Gasteiger partial charge on any atom is -0.399 e. The van der Waals surface area contributed by atoms with Crippen LogP contribution in [0.15, 0.2) is 18.2 Å². The van der Waals surface area contributed by atoms with E-state index in [9.17, 15) is 0 Å². The summed E-state index contributed by atoms with van der Waals surface area (Å²) in [4.78, 5) is 5.19. The third kappa shape index (κ3) is 3.04. The molecule has 0 aliphatic carbocycles. The molecular weight excluding hydrogens is 258 g/mol. The lowest BCUT2D eigenvalue weighted by Crippen LogP contribution is -2.36. The molecule has 2 saturated heterocycles. The summed E-state index contributed by atoms with van der Waals surface area (Å²) in [6, 6.07) is 6.54. The summed E-state index contributed by atoms with van der Waals surface area (Å²) in [5.74, 6) is 0. The number of nitrogens with zero attached hydrogens (tertiary/aromatic N) is 2. The molecular formula is C15H22ClN3. The predicted octanol–water partition coefficient (Wildman–Crippen LogP) is 2.59. The van der Waals surface area contributed by atoms with Crippen LogP contribution in [0.1, 0.15) is 24.8 Å². The molecule has 2 aliphatic rings. The molecule has 0 saturated carbocycles. The molecule has 4 heteroatoms. The van der Waals surface area contributed by atoms with Gasteiger partial charge in [-0.2, -0.15) is 0 Å². The average molecular weight is 280 g/mol. The Kier molecular flexibility index (Phi) is 3.96. The van der Waals surface area contributed by atoms with Crippen molar-refractivity contribution in [1.29, 1.82) is 0 Å². The lowest BCUT2D eigenvalue weighted by Gasteiger charge is -2.26. The van der Waals surface area contributed by atoms with E-state index >= 15 is 0 Å². The van der Waals surface area contributed by atoms with E-state index in [1.807, 2.05) is 18.2 Å². The molecule has 1 unspecified atom stereocenters. The van der Waals surface area contributed by atoms with Gasteiger partial charge in [-0.1, -0.05) is 11.6 Å². The van der Waals surface area contributed by atoms with Crippen molar-refractivity contribution in [2.24, 2.45) is 0 Å². The van der Waals surface area contributed by atoms with Gasteiger partial charge in [-0.15, -0.1) is 0 Å². The molecule has 0 spiro atoms. The van der Waals surface area contributed by atoms with Crippen molar-refractivity contribution in [2.75, 3.05) is 31.9 Å². The van der Waals surface area contributed by atoms with Gasteiger partial charge in [-0.25, -0.2) is 0 Å². The first-order chi connectivity index (χ1) is 9.22. The zero-order chi connectivity index (χ0) is 13.2. The maximum absolute atomic E-state index is 6.27. The van der Waals surface area contributed by atoms with Crippen molar-refractivity contribution in [3.63, 3.8) is 0 Å². The van der Waals surface area contributed by atoms with E-state index in [0.717, 1.165) is 35.4 Å². The fourth-order valence-corrected chi connectivity index (χ4v) is 3.56. The van der Waals surface area contributed by atoms with Gasteiger partial charge in [-0.05, 0) is 62.7 Å². The van der Waals surface area contributed by atoms with Gasteiger partial charge < -0.3 is 5.73 Å². The third-order valence-electron chi connectivity index (χ3n) is 4.35. The number of benzene rings is 1. The van der Waals surface area contributed by atoms with Gasteiger partial charge in [0.05, 0.1) is 0 Å². The van der Waals surface area contributed by atoms with Crippen LogP contribution in [-0.4, -0.2) is 42.0 Å². The standard InChI is InChI=1S/C15H22ClN3/c16-15-5-4-13(17)9-12(15)10-18-6-2-8-19-7-1-3-14(19)11-18/h4-5,9,14H,1-3,6-8,10-11,17H2. The van der Waals surface area contributed by atoms with Crippen molar-refractivity contribution in [2.45, 2.75) is 31.8 Å². The second kappa shape index (κ2) is 5.70. The van der Waals surface area contributed by atoms with Crippen molar-refractivity contribution >= 4 is 17.3 Å². The van der Waals surface area contributed by atoms with Crippen molar-refractivity contribution in [3.8, 4) is 0 Å². The number of hydrogen-bond donors (Lipinski definition) is 1. The molecule has 2 aliphatic heterocycles. The van der Waals surface area contributed by atoms with Crippen LogP contribution >= 0.6 is 11.6 Å². The molecule has 3 nitrogen and oxygen atoms in total. The summed E-state index contributed by atoms with van der Waals surface area (Å²) < 4.78 is 0. The molecule has 0 aromatic heterocycles. The second-order valence-corrected chi connectivity index (χ2v) is 6.18. The minimum atomic E-state index is 0.752. The first-order valence-electron chi connectivity index (χ1n) is 7.23. The molecule has 0 bridgehead atoms. The lowest BCUT2D eigenvalue weighted by atomic mass is 10.1. The van der Waals surface area contributed by atoms with Crippen LogP contribution in [0.25, 0.3) is 0 Å². The summed E-state index contributed by atoms with van der Waals surface area (Å²) in [6.45, 7) is 5.81. The van der Waals surface area contributed by atoms with Crippen LogP contribution in [0.5, 0.6) is 0 Å². The van der Waals surface area contributed by atoms with E-state index in [0.29, 0.717) is 0 Å². The highest BCUT2D eigenvalue weighted by atomic mass is 35.5. The van der Waals surface area contributed by atoms with Crippen molar-refractivity contribution in [1.82, 2.24) is 9.80 Å². The second-order valence-electron chi connectivity index (χ2n) is 5.77. The molecule has 19 heavy (non-hydrogen) atoms. The number of nitrogens with two attached hydrogens (primary N) is 1. The summed E-state index contributed by atoms with van der Waals surface area (Å²) >= 11 is 6.27.